The van der Waals surface area contributed by atoms with Gasteiger partial charge in [0.2, 0.25) is 0 Å². The van der Waals surface area contributed by atoms with E-state index < -0.39 is 0 Å². The monoisotopic (exact) mass is 201 g/mol. The van der Waals surface area contributed by atoms with Crippen molar-refractivity contribution in [3.05, 3.63) is 35.9 Å². The van der Waals surface area contributed by atoms with Gasteiger partial charge in [-0.15, -0.1) is 0 Å². The molecule has 0 aromatic heterocycles. The van der Waals surface area contributed by atoms with E-state index in [0.29, 0.717) is 5.41 Å². The highest BCUT2D eigenvalue weighted by molar-refractivity contribution is 5.34. The topological polar surface area (TPSA) is 12.0 Å². The molecule has 1 aliphatic heterocycles. The molecule has 1 nitrogen and oxygen atoms in total. The van der Waals surface area contributed by atoms with Crippen LogP contribution in [0.5, 0.6) is 0 Å². The second-order valence-corrected chi connectivity index (χ2v) is 5.02. The molecule has 1 heterocycles. The van der Waals surface area contributed by atoms with Crippen molar-refractivity contribution in [3.8, 4) is 0 Å². The molecule has 2 aliphatic rings. The van der Waals surface area contributed by atoms with Gasteiger partial charge in [0, 0.05) is 11.5 Å². The lowest BCUT2D eigenvalue weighted by atomic mass is 9.83. The first-order chi connectivity index (χ1) is 7.42. The van der Waals surface area contributed by atoms with E-state index in [1.165, 1.54) is 38.6 Å². The average molecular weight is 201 g/mol. The molecule has 1 heteroatoms. The molecule has 0 amide bonds. The van der Waals surface area contributed by atoms with Gasteiger partial charge in [-0.2, -0.15) is 0 Å². The van der Waals surface area contributed by atoms with Crippen LogP contribution in [-0.4, -0.2) is 12.6 Å². The van der Waals surface area contributed by atoms with Crippen LogP contribution in [0.4, 0.5) is 0 Å². The summed E-state index contributed by atoms with van der Waals surface area (Å²) in [6.07, 6.45) is 6.91. The molecule has 1 saturated carbocycles. The van der Waals surface area contributed by atoms with Gasteiger partial charge in [-0.25, -0.2) is 0 Å². The summed E-state index contributed by atoms with van der Waals surface area (Å²) in [5.74, 6) is 0. The number of benzene rings is 1. The Balaban J connectivity index is 1.84. The van der Waals surface area contributed by atoms with Crippen molar-refractivity contribution in [3.63, 3.8) is 0 Å². The highest BCUT2D eigenvalue weighted by Gasteiger charge is 2.50. The SMILES string of the molecule is c1ccc(C2(C3CCCCN3)CC2)cc1. The Bertz CT molecular complexity index is 320. The quantitative estimate of drug-likeness (QED) is 0.776. The van der Waals surface area contributed by atoms with E-state index in [0.717, 1.165) is 6.04 Å². The first-order valence-electron chi connectivity index (χ1n) is 6.21. The van der Waals surface area contributed by atoms with E-state index >= 15 is 0 Å². The van der Waals surface area contributed by atoms with E-state index in [-0.39, 0.29) is 0 Å². The van der Waals surface area contributed by atoms with Crippen molar-refractivity contribution in [1.29, 1.82) is 0 Å². The fourth-order valence-electron chi connectivity index (χ4n) is 3.07. The molecule has 80 valence electrons. The third-order valence-electron chi connectivity index (χ3n) is 4.11. The van der Waals surface area contributed by atoms with Crippen LogP contribution in [0.3, 0.4) is 0 Å². The lowest BCUT2D eigenvalue weighted by Gasteiger charge is -2.32. The van der Waals surface area contributed by atoms with Gasteiger partial charge in [0.15, 0.2) is 0 Å². The molecular weight excluding hydrogens is 182 g/mol. The zero-order valence-corrected chi connectivity index (χ0v) is 9.21. The van der Waals surface area contributed by atoms with E-state index in [1.54, 1.807) is 5.56 Å². The molecule has 2 fully saturated rings. The molecule has 3 rings (SSSR count). The van der Waals surface area contributed by atoms with E-state index in [9.17, 15) is 0 Å². The fourth-order valence-corrected chi connectivity index (χ4v) is 3.07. The molecule has 1 aromatic rings. The van der Waals surface area contributed by atoms with Gasteiger partial charge in [0.25, 0.3) is 0 Å². The van der Waals surface area contributed by atoms with Crippen LogP contribution in [0.25, 0.3) is 0 Å². The van der Waals surface area contributed by atoms with E-state index in [4.69, 9.17) is 0 Å². The lowest BCUT2D eigenvalue weighted by Crippen LogP contribution is -2.43. The van der Waals surface area contributed by atoms with Gasteiger partial charge in [-0.05, 0) is 37.8 Å². The van der Waals surface area contributed by atoms with Gasteiger partial charge in [-0.1, -0.05) is 36.8 Å². The first-order valence-corrected chi connectivity index (χ1v) is 6.21. The minimum absolute atomic E-state index is 0.502. The number of piperidine rings is 1. The Morgan fingerprint density at radius 3 is 2.47 bits per heavy atom. The van der Waals surface area contributed by atoms with Crippen molar-refractivity contribution in [1.82, 2.24) is 5.32 Å². The molecule has 1 unspecified atom stereocenters. The highest BCUT2D eigenvalue weighted by Crippen LogP contribution is 2.52. The maximum atomic E-state index is 3.72. The number of nitrogens with one attached hydrogen (secondary N) is 1. The van der Waals surface area contributed by atoms with E-state index in [2.05, 4.69) is 35.6 Å². The zero-order valence-electron chi connectivity index (χ0n) is 9.21. The van der Waals surface area contributed by atoms with Crippen molar-refractivity contribution in [2.45, 2.75) is 43.6 Å². The van der Waals surface area contributed by atoms with Crippen LogP contribution >= 0.6 is 0 Å². The zero-order chi connectivity index (χ0) is 10.1. The summed E-state index contributed by atoms with van der Waals surface area (Å²) >= 11 is 0. The Hall–Kier alpha value is -0.820. The smallest absolute Gasteiger partial charge is 0.0164 e. The first kappa shape index (κ1) is 9.41. The normalized spacial score (nSPS) is 28.7. The largest absolute Gasteiger partial charge is 0.313 e. The number of rotatable bonds is 2. The summed E-state index contributed by atoms with van der Waals surface area (Å²) in [7, 11) is 0. The van der Waals surface area contributed by atoms with Crippen LogP contribution in [0.1, 0.15) is 37.7 Å². The Labute approximate surface area is 91.9 Å². The third-order valence-corrected chi connectivity index (χ3v) is 4.11. The minimum atomic E-state index is 0.502. The van der Waals surface area contributed by atoms with Crippen molar-refractivity contribution < 1.29 is 0 Å². The number of hydrogen-bond donors (Lipinski definition) is 1. The van der Waals surface area contributed by atoms with Gasteiger partial charge >= 0.3 is 0 Å². The molecule has 0 spiro atoms. The highest BCUT2D eigenvalue weighted by atomic mass is 15.0. The molecular formula is C14H19N. The van der Waals surface area contributed by atoms with Gasteiger partial charge in [-0.3, -0.25) is 0 Å². The van der Waals surface area contributed by atoms with Gasteiger partial charge < -0.3 is 5.32 Å². The Kier molecular flexibility index (Phi) is 2.28. The van der Waals surface area contributed by atoms with Gasteiger partial charge in [0.1, 0.15) is 0 Å². The molecule has 1 saturated heterocycles. The summed E-state index contributed by atoms with van der Waals surface area (Å²) in [5, 5.41) is 3.72. The van der Waals surface area contributed by atoms with Crippen molar-refractivity contribution >= 4 is 0 Å². The molecule has 0 radical (unpaired) electrons. The minimum Gasteiger partial charge on any atom is -0.313 e. The second kappa shape index (κ2) is 3.64. The maximum absolute atomic E-state index is 3.72. The fraction of sp³-hybridized carbons (Fsp3) is 0.571. The predicted molar refractivity (Wildman–Crippen MR) is 63.0 cm³/mol. The van der Waals surface area contributed by atoms with Gasteiger partial charge in [0.05, 0.1) is 0 Å². The summed E-state index contributed by atoms with van der Waals surface area (Å²) < 4.78 is 0. The Morgan fingerprint density at radius 2 is 1.87 bits per heavy atom. The molecule has 0 bridgehead atoms. The molecule has 1 aromatic carbocycles. The van der Waals surface area contributed by atoms with E-state index in [1.807, 2.05) is 0 Å². The Morgan fingerprint density at radius 1 is 1.07 bits per heavy atom. The maximum Gasteiger partial charge on any atom is 0.0164 e. The summed E-state index contributed by atoms with van der Waals surface area (Å²) in [6.45, 7) is 1.22. The summed E-state index contributed by atoms with van der Waals surface area (Å²) in [6, 6.07) is 11.8. The molecule has 1 N–H and O–H groups in total. The van der Waals surface area contributed by atoms with Crippen LogP contribution in [0, 0.1) is 0 Å². The van der Waals surface area contributed by atoms with Crippen LogP contribution in [-0.2, 0) is 5.41 Å². The van der Waals surface area contributed by atoms with Crippen LogP contribution < -0.4 is 5.32 Å². The van der Waals surface area contributed by atoms with Crippen molar-refractivity contribution in [2.75, 3.05) is 6.54 Å². The molecule has 15 heavy (non-hydrogen) atoms. The lowest BCUT2D eigenvalue weighted by molar-refractivity contribution is 0.336. The molecule has 1 aliphatic carbocycles. The predicted octanol–water partition coefficient (Wildman–Crippen LogP) is 2.86. The average Bonchev–Trinajstić information content (AvgIpc) is 3.13. The molecule has 1 atom stereocenters. The summed E-state index contributed by atoms with van der Waals surface area (Å²) in [5.41, 5.74) is 2.06. The van der Waals surface area contributed by atoms with Crippen LogP contribution in [0.2, 0.25) is 0 Å². The van der Waals surface area contributed by atoms with Crippen LogP contribution in [0.15, 0.2) is 30.3 Å². The standard InChI is InChI=1S/C14H19N/c1-2-6-12(7-3-1)14(9-10-14)13-8-4-5-11-15-13/h1-3,6-7,13,15H,4-5,8-11H2. The summed E-state index contributed by atoms with van der Waals surface area (Å²) in [4.78, 5) is 0. The second-order valence-electron chi connectivity index (χ2n) is 5.02. The third kappa shape index (κ3) is 1.59. The van der Waals surface area contributed by atoms with Crippen molar-refractivity contribution in [2.24, 2.45) is 0 Å². The number of hydrogen-bond acceptors (Lipinski definition) is 1.